The zero-order valence-corrected chi connectivity index (χ0v) is 16.1. The minimum atomic E-state index is -1.11. The maximum Gasteiger partial charge on any atom is 0.257 e. The first-order chi connectivity index (χ1) is 13.3. The van der Waals surface area contributed by atoms with Crippen LogP contribution in [-0.4, -0.2) is 27.6 Å². The Hall–Kier alpha value is -3.07. The van der Waals surface area contributed by atoms with Gasteiger partial charge in [0.1, 0.15) is 17.4 Å². The Morgan fingerprint density at radius 1 is 1.43 bits per heavy atom. The van der Waals surface area contributed by atoms with E-state index < -0.39 is 23.6 Å². The van der Waals surface area contributed by atoms with Crippen molar-refractivity contribution in [2.24, 2.45) is 0 Å². The van der Waals surface area contributed by atoms with Gasteiger partial charge in [-0.1, -0.05) is 17.3 Å². The van der Waals surface area contributed by atoms with Crippen molar-refractivity contribution in [3.63, 3.8) is 0 Å². The highest BCUT2D eigenvalue weighted by Gasteiger charge is 2.36. The van der Waals surface area contributed by atoms with Crippen LogP contribution in [0.5, 0.6) is 0 Å². The van der Waals surface area contributed by atoms with Crippen molar-refractivity contribution in [1.29, 1.82) is 0 Å². The standard InChI is InChI=1S/C19H18F2N4O2S/c1-4-8-25-11(3)15(18(26)22-14-9-10(2)27-24-14)17(23-19(25)28)16-12(20)6-5-7-13(16)21/h4-7,9,17H,1,8H2,2-3H3,(H,23,28)(H,22,24,26)/t17-/m0/s1. The van der Waals surface area contributed by atoms with Gasteiger partial charge in [0.25, 0.3) is 5.91 Å². The number of aryl methyl sites for hydroxylation is 1. The van der Waals surface area contributed by atoms with Crippen LogP contribution >= 0.6 is 12.2 Å². The number of nitrogens with zero attached hydrogens (tertiary/aromatic N) is 2. The fourth-order valence-electron chi connectivity index (χ4n) is 3.04. The lowest BCUT2D eigenvalue weighted by molar-refractivity contribution is -0.113. The molecule has 1 aromatic carbocycles. The van der Waals surface area contributed by atoms with Gasteiger partial charge in [0, 0.05) is 18.3 Å². The van der Waals surface area contributed by atoms with Gasteiger partial charge in [-0.2, -0.15) is 0 Å². The van der Waals surface area contributed by atoms with Crippen LogP contribution in [0.25, 0.3) is 0 Å². The van der Waals surface area contributed by atoms with Gasteiger partial charge in [-0.25, -0.2) is 8.78 Å². The summed E-state index contributed by atoms with van der Waals surface area (Å²) in [6, 6.07) is 3.95. The number of carbonyl (C=O) groups excluding carboxylic acids is 1. The molecule has 0 spiro atoms. The Kier molecular flexibility index (Phi) is 5.55. The summed E-state index contributed by atoms with van der Waals surface area (Å²) in [7, 11) is 0. The van der Waals surface area contributed by atoms with Crippen molar-refractivity contribution in [3.05, 3.63) is 71.1 Å². The van der Waals surface area contributed by atoms with E-state index in [0.29, 0.717) is 18.0 Å². The van der Waals surface area contributed by atoms with Crippen molar-refractivity contribution in [2.45, 2.75) is 19.9 Å². The topological polar surface area (TPSA) is 70.4 Å². The number of benzene rings is 1. The number of hydrogen-bond donors (Lipinski definition) is 2. The summed E-state index contributed by atoms with van der Waals surface area (Å²) in [6.07, 6.45) is 1.61. The van der Waals surface area contributed by atoms with E-state index in [1.807, 2.05) is 0 Å². The molecule has 9 heteroatoms. The van der Waals surface area contributed by atoms with Crippen molar-refractivity contribution < 1.29 is 18.1 Å². The summed E-state index contributed by atoms with van der Waals surface area (Å²) in [5, 5.41) is 9.43. The SMILES string of the molecule is C=CCN1C(=S)N[C@H](c2c(F)cccc2F)C(C(=O)Nc2cc(C)on2)=C1C. The van der Waals surface area contributed by atoms with Crippen LogP contribution in [0.1, 0.15) is 24.3 Å². The van der Waals surface area contributed by atoms with Crippen LogP contribution in [0, 0.1) is 18.6 Å². The van der Waals surface area contributed by atoms with Crippen LogP contribution in [0.3, 0.4) is 0 Å². The summed E-state index contributed by atoms with van der Waals surface area (Å²) >= 11 is 5.33. The largest absolute Gasteiger partial charge is 0.360 e. The molecule has 0 fully saturated rings. The molecule has 0 radical (unpaired) electrons. The van der Waals surface area contributed by atoms with Gasteiger partial charge >= 0.3 is 0 Å². The first kappa shape index (κ1) is 19.7. The molecule has 28 heavy (non-hydrogen) atoms. The molecule has 6 nitrogen and oxygen atoms in total. The molecule has 1 atom stereocenters. The van der Waals surface area contributed by atoms with Gasteiger partial charge in [0.2, 0.25) is 0 Å². The number of halogens is 2. The molecule has 1 amide bonds. The highest BCUT2D eigenvalue weighted by atomic mass is 32.1. The Bertz CT molecular complexity index is 966. The average Bonchev–Trinajstić information content (AvgIpc) is 3.03. The maximum absolute atomic E-state index is 14.5. The highest BCUT2D eigenvalue weighted by Crippen LogP contribution is 2.34. The van der Waals surface area contributed by atoms with E-state index in [-0.39, 0.29) is 22.1 Å². The predicted molar refractivity (Wildman–Crippen MR) is 104 cm³/mol. The first-order valence-electron chi connectivity index (χ1n) is 8.41. The molecule has 3 rings (SSSR count). The molecule has 1 aliphatic rings. The Morgan fingerprint density at radius 3 is 2.68 bits per heavy atom. The summed E-state index contributed by atoms with van der Waals surface area (Å²) in [5.74, 6) is -1.45. The molecule has 0 saturated carbocycles. The molecule has 0 aliphatic carbocycles. The van der Waals surface area contributed by atoms with Crippen molar-refractivity contribution in [3.8, 4) is 0 Å². The third kappa shape index (κ3) is 3.65. The maximum atomic E-state index is 14.5. The Balaban J connectivity index is 2.10. The van der Waals surface area contributed by atoms with Gasteiger partial charge in [0.05, 0.1) is 17.2 Å². The molecule has 1 aliphatic heterocycles. The lowest BCUT2D eigenvalue weighted by Gasteiger charge is -2.37. The number of anilines is 1. The monoisotopic (exact) mass is 404 g/mol. The number of nitrogens with one attached hydrogen (secondary N) is 2. The van der Waals surface area contributed by atoms with E-state index in [1.165, 1.54) is 12.1 Å². The minimum Gasteiger partial charge on any atom is -0.360 e. The second-order valence-corrected chi connectivity index (χ2v) is 6.58. The number of thiocarbonyl (C=S) groups is 1. The van der Waals surface area contributed by atoms with E-state index in [1.54, 1.807) is 24.8 Å². The van der Waals surface area contributed by atoms with Crippen LogP contribution in [0.2, 0.25) is 0 Å². The van der Waals surface area contributed by atoms with Crippen molar-refractivity contribution in [1.82, 2.24) is 15.4 Å². The third-order valence-corrected chi connectivity index (χ3v) is 4.65. The Morgan fingerprint density at radius 2 is 2.11 bits per heavy atom. The lowest BCUT2D eigenvalue weighted by atomic mass is 9.93. The van der Waals surface area contributed by atoms with Gasteiger partial charge in [-0.15, -0.1) is 6.58 Å². The fraction of sp³-hybridized carbons (Fsp3) is 0.211. The summed E-state index contributed by atoms with van der Waals surface area (Å²) in [6.45, 7) is 7.33. The molecule has 146 valence electrons. The van der Waals surface area contributed by atoms with Gasteiger partial charge < -0.3 is 20.1 Å². The van der Waals surface area contributed by atoms with Crippen LogP contribution in [0.4, 0.5) is 14.6 Å². The normalized spacial score (nSPS) is 16.8. The average molecular weight is 404 g/mol. The minimum absolute atomic E-state index is 0.111. The van der Waals surface area contributed by atoms with Gasteiger partial charge in [-0.05, 0) is 38.2 Å². The molecular formula is C19H18F2N4O2S. The number of amides is 1. The second-order valence-electron chi connectivity index (χ2n) is 6.19. The number of rotatable bonds is 5. The molecule has 0 unspecified atom stereocenters. The number of hydrogen-bond acceptors (Lipinski definition) is 4. The molecular weight excluding hydrogens is 386 g/mol. The zero-order valence-electron chi connectivity index (χ0n) is 15.3. The van der Waals surface area contributed by atoms with E-state index >= 15 is 0 Å². The highest BCUT2D eigenvalue weighted by molar-refractivity contribution is 7.80. The number of allylic oxidation sites excluding steroid dienone is 1. The molecule has 2 aromatic rings. The van der Waals surface area contributed by atoms with E-state index in [4.69, 9.17) is 16.7 Å². The second kappa shape index (κ2) is 7.89. The predicted octanol–water partition coefficient (Wildman–Crippen LogP) is 3.59. The number of carbonyl (C=O) groups is 1. The molecule has 0 bridgehead atoms. The fourth-order valence-corrected chi connectivity index (χ4v) is 3.37. The molecule has 0 saturated heterocycles. The van der Waals surface area contributed by atoms with E-state index in [9.17, 15) is 13.6 Å². The quantitative estimate of drug-likeness (QED) is 0.586. The Labute approximate surface area is 165 Å². The van der Waals surface area contributed by atoms with Gasteiger partial charge in [-0.3, -0.25) is 4.79 Å². The van der Waals surface area contributed by atoms with E-state index in [2.05, 4.69) is 22.4 Å². The van der Waals surface area contributed by atoms with Crippen molar-refractivity contribution >= 4 is 29.1 Å². The smallest absolute Gasteiger partial charge is 0.257 e. The van der Waals surface area contributed by atoms with Crippen molar-refractivity contribution in [2.75, 3.05) is 11.9 Å². The summed E-state index contributed by atoms with van der Waals surface area (Å²) in [5.41, 5.74) is 0.276. The van der Waals surface area contributed by atoms with Gasteiger partial charge in [0.15, 0.2) is 10.9 Å². The van der Waals surface area contributed by atoms with E-state index in [0.717, 1.165) is 12.1 Å². The first-order valence-corrected chi connectivity index (χ1v) is 8.82. The number of aromatic nitrogens is 1. The van der Waals surface area contributed by atoms with Crippen LogP contribution in [-0.2, 0) is 4.79 Å². The summed E-state index contributed by atoms with van der Waals surface area (Å²) in [4.78, 5) is 14.6. The van der Waals surface area contributed by atoms with Crippen LogP contribution < -0.4 is 10.6 Å². The molecule has 2 N–H and O–H groups in total. The molecule has 1 aromatic heterocycles. The zero-order chi connectivity index (χ0) is 20.4. The third-order valence-electron chi connectivity index (χ3n) is 4.31. The molecule has 2 heterocycles. The lowest BCUT2D eigenvalue weighted by Crippen LogP contribution is -2.48. The van der Waals surface area contributed by atoms with Crippen LogP contribution in [0.15, 0.2) is 52.7 Å². The summed E-state index contributed by atoms with van der Waals surface area (Å²) < 4.78 is 33.9.